The van der Waals surface area contributed by atoms with E-state index < -0.39 is 0 Å². The lowest BCUT2D eigenvalue weighted by Gasteiger charge is -2.12. The van der Waals surface area contributed by atoms with Crippen LogP contribution in [0.4, 0.5) is 5.69 Å². The Balaban J connectivity index is 1.73. The normalized spacial score (nSPS) is 10.8. The largest absolute Gasteiger partial charge is 0.493 e. The molecule has 7 heteroatoms. The van der Waals surface area contributed by atoms with E-state index in [0.29, 0.717) is 28.0 Å². The van der Waals surface area contributed by atoms with Gasteiger partial charge in [-0.3, -0.25) is 4.79 Å². The molecule has 0 aliphatic rings. The Morgan fingerprint density at radius 3 is 2.57 bits per heavy atom. The number of hydrogen-bond acceptors (Lipinski definition) is 4. The number of nitrogens with one attached hydrogen (secondary N) is 1. The predicted molar refractivity (Wildman–Crippen MR) is 118 cm³/mol. The summed E-state index contributed by atoms with van der Waals surface area (Å²) >= 11 is 6.02. The summed E-state index contributed by atoms with van der Waals surface area (Å²) in [6.07, 6.45) is 0. The first-order chi connectivity index (χ1) is 14.6. The Labute approximate surface area is 179 Å². The second kappa shape index (κ2) is 8.47. The third-order valence-electron chi connectivity index (χ3n) is 4.71. The molecule has 30 heavy (non-hydrogen) atoms. The van der Waals surface area contributed by atoms with Gasteiger partial charge in [-0.2, -0.15) is 0 Å². The van der Waals surface area contributed by atoms with Crippen molar-refractivity contribution in [3.05, 3.63) is 71.8 Å². The molecule has 0 bridgehead atoms. The molecule has 0 spiro atoms. The molecule has 0 saturated heterocycles. The molecule has 152 valence electrons. The monoisotopic (exact) mass is 421 g/mol. The van der Waals surface area contributed by atoms with Crippen molar-refractivity contribution < 1.29 is 14.3 Å². The summed E-state index contributed by atoms with van der Waals surface area (Å²) in [6, 6.07) is 20.3. The molecule has 0 atom stereocenters. The predicted octanol–water partition coefficient (Wildman–Crippen LogP) is 5.01. The Hall–Kier alpha value is -3.51. The lowest BCUT2D eigenvalue weighted by atomic mass is 10.2. The van der Waals surface area contributed by atoms with Crippen LogP contribution < -0.4 is 14.8 Å². The molecule has 6 nitrogen and oxygen atoms in total. The number of carbonyl (C=O) groups is 1. The number of fused-ring (bicyclic) bond motifs is 1. The maximum absolute atomic E-state index is 12.8. The van der Waals surface area contributed by atoms with Crippen molar-refractivity contribution in [3.8, 4) is 22.9 Å². The van der Waals surface area contributed by atoms with Crippen LogP contribution in [0.15, 0.2) is 66.7 Å². The molecule has 0 aliphatic carbocycles. The number of para-hydroxylation sites is 2. The second-order valence-electron chi connectivity index (χ2n) is 6.64. The minimum atomic E-state index is -0.179. The quantitative estimate of drug-likeness (QED) is 0.475. The van der Waals surface area contributed by atoms with Gasteiger partial charge in [-0.1, -0.05) is 29.8 Å². The van der Waals surface area contributed by atoms with Gasteiger partial charge in [0, 0.05) is 16.3 Å². The fourth-order valence-corrected chi connectivity index (χ4v) is 3.53. The highest BCUT2D eigenvalue weighted by atomic mass is 35.5. The van der Waals surface area contributed by atoms with Crippen LogP contribution in [-0.2, 0) is 11.3 Å². The summed E-state index contributed by atoms with van der Waals surface area (Å²) in [5.74, 6) is 1.71. The van der Waals surface area contributed by atoms with Crippen LogP contribution in [0.3, 0.4) is 0 Å². The van der Waals surface area contributed by atoms with Gasteiger partial charge in [-0.25, -0.2) is 4.98 Å². The maximum atomic E-state index is 12.8. The Kier molecular flexibility index (Phi) is 5.59. The van der Waals surface area contributed by atoms with E-state index in [2.05, 4.69) is 5.32 Å². The Morgan fingerprint density at radius 2 is 1.80 bits per heavy atom. The molecule has 0 unspecified atom stereocenters. The summed E-state index contributed by atoms with van der Waals surface area (Å²) in [5.41, 5.74) is 3.13. The number of ether oxygens (including phenoxy) is 2. The zero-order valence-corrected chi connectivity index (χ0v) is 17.3. The molecule has 1 amide bonds. The molecule has 4 aromatic rings. The SMILES string of the molecule is COc1ccc(-c2nc3ccccc3n2CC(=O)Nc2cccc(Cl)c2)cc1OC. The van der Waals surface area contributed by atoms with Crippen LogP contribution in [0.2, 0.25) is 5.02 Å². The van der Waals surface area contributed by atoms with Crippen LogP contribution >= 0.6 is 11.6 Å². The average Bonchev–Trinajstić information content (AvgIpc) is 3.11. The number of anilines is 1. The van der Waals surface area contributed by atoms with Crippen molar-refractivity contribution in [1.29, 1.82) is 0 Å². The topological polar surface area (TPSA) is 65.4 Å². The first-order valence-electron chi connectivity index (χ1n) is 9.32. The molecule has 0 saturated carbocycles. The second-order valence-corrected chi connectivity index (χ2v) is 7.07. The number of rotatable bonds is 6. The lowest BCUT2D eigenvalue weighted by Crippen LogP contribution is -2.19. The molecule has 1 aromatic heterocycles. The molecule has 1 N–H and O–H groups in total. The van der Waals surface area contributed by atoms with E-state index in [9.17, 15) is 4.79 Å². The van der Waals surface area contributed by atoms with Gasteiger partial charge in [0.2, 0.25) is 5.91 Å². The van der Waals surface area contributed by atoms with E-state index in [1.54, 1.807) is 38.5 Å². The number of amides is 1. The number of halogens is 1. The standard InChI is InChI=1S/C23H20ClN3O3/c1-29-20-11-10-15(12-21(20)30-2)23-26-18-8-3-4-9-19(18)27(23)14-22(28)25-17-7-5-6-16(24)13-17/h3-13H,14H2,1-2H3,(H,25,28). The van der Waals surface area contributed by atoms with Crippen LogP contribution in [0.25, 0.3) is 22.4 Å². The minimum absolute atomic E-state index is 0.0940. The first kappa shape index (κ1) is 19.8. The fraction of sp³-hybridized carbons (Fsp3) is 0.130. The lowest BCUT2D eigenvalue weighted by molar-refractivity contribution is -0.116. The van der Waals surface area contributed by atoms with Crippen LogP contribution in [0, 0.1) is 0 Å². The molecule has 0 fully saturated rings. The number of methoxy groups -OCH3 is 2. The number of imidazole rings is 1. The van der Waals surface area contributed by atoms with E-state index >= 15 is 0 Å². The highest BCUT2D eigenvalue weighted by Crippen LogP contribution is 2.33. The van der Waals surface area contributed by atoms with Gasteiger partial charge in [0.25, 0.3) is 0 Å². The highest BCUT2D eigenvalue weighted by Gasteiger charge is 2.17. The summed E-state index contributed by atoms with van der Waals surface area (Å²) in [4.78, 5) is 17.5. The number of carbonyl (C=O) groups excluding carboxylic acids is 1. The zero-order chi connectivity index (χ0) is 21.1. The van der Waals surface area contributed by atoms with Crippen LogP contribution in [-0.4, -0.2) is 29.7 Å². The third-order valence-corrected chi connectivity index (χ3v) is 4.94. The first-order valence-corrected chi connectivity index (χ1v) is 9.70. The minimum Gasteiger partial charge on any atom is -0.493 e. The molecule has 0 aliphatic heterocycles. The van der Waals surface area contributed by atoms with E-state index in [1.165, 1.54) is 0 Å². The van der Waals surface area contributed by atoms with E-state index in [4.69, 9.17) is 26.1 Å². The highest BCUT2D eigenvalue weighted by molar-refractivity contribution is 6.30. The Bertz CT molecular complexity index is 1220. The number of benzene rings is 3. The summed E-state index contributed by atoms with van der Waals surface area (Å²) in [5, 5.41) is 3.45. The van der Waals surface area contributed by atoms with Gasteiger partial charge in [0.15, 0.2) is 11.5 Å². The van der Waals surface area contributed by atoms with Gasteiger partial charge in [0.1, 0.15) is 12.4 Å². The van der Waals surface area contributed by atoms with Gasteiger partial charge < -0.3 is 19.4 Å². The number of hydrogen-bond donors (Lipinski definition) is 1. The molecule has 1 heterocycles. The molecular formula is C23H20ClN3O3. The third kappa shape index (κ3) is 3.95. The maximum Gasteiger partial charge on any atom is 0.244 e. The van der Waals surface area contributed by atoms with Crippen molar-refractivity contribution in [3.63, 3.8) is 0 Å². The van der Waals surface area contributed by atoms with Gasteiger partial charge in [-0.05, 0) is 48.5 Å². The van der Waals surface area contributed by atoms with Crippen molar-refractivity contribution >= 4 is 34.2 Å². The van der Waals surface area contributed by atoms with E-state index in [-0.39, 0.29) is 12.5 Å². The number of nitrogens with zero attached hydrogens (tertiary/aromatic N) is 2. The van der Waals surface area contributed by atoms with Gasteiger partial charge >= 0.3 is 0 Å². The smallest absolute Gasteiger partial charge is 0.244 e. The van der Waals surface area contributed by atoms with Crippen molar-refractivity contribution in [2.45, 2.75) is 6.54 Å². The van der Waals surface area contributed by atoms with Gasteiger partial charge in [-0.15, -0.1) is 0 Å². The Morgan fingerprint density at radius 1 is 1.00 bits per heavy atom. The van der Waals surface area contributed by atoms with Crippen LogP contribution in [0.5, 0.6) is 11.5 Å². The van der Waals surface area contributed by atoms with E-state index in [0.717, 1.165) is 16.6 Å². The zero-order valence-electron chi connectivity index (χ0n) is 16.6. The van der Waals surface area contributed by atoms with Crippen molar-refractivity contribution in [2.75, 3.05) is 19.5 Å². The summed E-state index contributed by atoms with van der Waals surface area (Å²) < 4.78 is 12.6. The van der Waals surface area contributed by atoms with Crippen molar-refractivity contribution in [2.24, 2.45) is 0 Å². The number of aromatic nitrogens is 2. The molecule has 3 aromatic carbocycles. The summed E-state index contributed by atoms with van der Waals surface area (Å²) in [6.45, 7) is 0.0940. The van der Waals surface area contributed by atoms with Crippen LogP contribution in [0.1, 0.15) is 0 Å². The molecular weight excluding hydrogens is 402 g/mol. The van der Waals surface area contributed by atoms with E-state index in [1.807, 2.05) is 47.0 Å². The fourth-order valence-electron chi connectivity index (χ4n) is 3.34. The van der Waals surface area contributed by atoms with Crippen molar-refractivity contribution in [1.82, 2.24) is 9.55 Å². The van der Waals surface area contributed by atoms with Gasteiger partial charge in [0.05, 0.1) is 25.3 Å². The molecule has 0 radical (unpaired) electrons. The molecule has 4 rings (SSSR count). The average molecular weight is 422 g/mol. The summed E-state index contributed by atoms with van der Waals surface area (Å²) in [7, 11) is 3.18.